The summed E-state index contributed by atoms with van der Waals surface area (Å²) < 4.78 is 0. The lowest BCUT2D eigenvalue weighted by Gasteiger charge is -2.48. The lowest BCUT2D eigenvalue weighted by atomic mass is 9.77. The van der Waals surface area contributed by atoms with E-state index >= 15 is 0 Å². The number of nitrogens with zero attached hydrogens (tertiary/aromatic N) is 2. The van der Waals surface area contributed by atoms with Gasteiger partial charge in [-0.1, -0.05) is 36.7 Å². The Morgan fingerprint density at radius 2 is 2.13 bits per heavy atom. The van der Waals surface area contributed by atoms with Gasteiger partial charge in [-0.2, -0.15) is 0 Å². The zero-order valence-corrected chi connectivity index (χ0v) is 17.7. The van der Waals surface area contributed by atoms with Gasteiger partial charge in [0, 0.05) is 39.9 Å². The van der Waals surface area contributed by atoms with E-state index in [0.29, 0.717) is 29.3 Å². The summed E-state index contributed by atoms with van der Waals surface area (Å²) in [7, 11) is 0. The van der Waals surface area contributed by atoms with Crippen LogP contribution < -0.4 is 0 Å². The largest absolute Gasteiger partial charge is 0.507 e. The molecule has 0 bridgehead atoms. The minimum Gasteiger partial charge on any atom is -0.507 e. The smallest absolute Gasteiger partial charge is 0.197 e. The maximum Gasteiger partial charge on any atom is 0.197 e. The molecule has 6 heteroatoms. The number of nitrogens with one attached hydrogen (secondary N) is 1. The Labute approximate surface area is 185 Å². The third kappa shape index (κ3) is 2.72. The highest BCUT2D eigenvalue weighted by molar-refractivity contribution is 6.31. The van der Waals surface area contributed by atoms with Gasteiger partial charge in [-0.15, -0.1) is 0 Å². The van der Waals surface area contributed by atoms with E-state index in [2.05, 4.69) is 33.8 Å². The molecule has 2 aliphatic heterocycles. The summed E-state index contributed by atoms with van der Waals surface area (Å²) in [5, 5.41) is 11.7. The number of aromatic amines is 1. The lowest BCUT2D eigenvalue weighted by molar-refractivity contribution is 0.102. The van der Waals surface area contributed by atoms with Gasteiger partial charge in [-0.05, 0) is 48.7 Å². The van der Waals surface area contributed by atoms with Gasteiger partial charge >= 0.3 is 0 Å². The summed E-state index contributed by atoms with van der Waals surface area (Å²) in [6.45, 7) is 10.7. The Morgan fingerprint density at radius 1 is 1.32 bits per heavy atom. The molecule has 1 unspecified atom stereocenters. The highest BCUT2D eigenvalue weighted by atomic mass is 35.5. The summed E-state index contributed by atoms with van der Waals surface area (Å²) in [5.41, 5.74) is 3.67. The predicted molar refractivity (Wildman–Crippen MR) is 121 cm³/mol. The van der Waals surface area contributed by atoms with Gasteiger partial charge in [-0.3, -0.25) is 4.79 Å². The van der Waals surface area contributed by atoms with E-state index in [9.17, 15) is 9.90 Å². The number of ketones is 1. The summed E-state index contributed by atoms with van der Waals surface area (Å²) in [6.07, 6.45) is 4.99. The first-order chi connectivity index (χ1) is 15.0. The van der Waals surface area contributed by atoms with Gasteiger partial charge in [0.05, 0.1) is 12.1 Å². The summed E-state index contributed by atoms with van der Waals surface area (Å²) in [4.78, 5) is 22.8. The molecule has 0 radical (unpaired) electrons. The van der Waals surface area contributed by atoms with Crippen molar-refractivity contribution in [2.24, 2.45) is 0 Å². The predicted octanol–water partition coefficient (Wildman–Crippen LogP) is 5.57. The van der Waals surface area contributed by atoms with Crippen LogP contribution in [0.5, 0.6) is 5.75 Å². The maximum absolute atomic E-state index is 13.2. The molecule has 0 amide bonds. The minimum atomic E-state index is -0.644. The van der Waals surface area contributed by atoms with E-state index in [1.54, 1.807) is 6.08 Å². The number of phenols is 1. The second-order valence-electron chi connectivity index (χ2n) is 7.90. The second-order valence-corrected chi connectivity index (χ2v) is 8.33. The van der Waals surface area contributed by atoms with Gasteiger partial charge in [0.2, 0.25) is 0 Å². The fourth-order valence-corrected chi connectivity index (χ4v) is 5.13. The molecule has 0 aliphatic carbocycles. The molecule has 3 aromatic rings. The van der Waals surface area contributed by atoms with Crippen LogP contribution >= 0.6 is 11.6 Å². The normalized spacial score (nSPS) is 19.8. The number of hydrogen-bond acceptors (Lipinski definition) is 3. The van der Waals surface area contributed by atoms with Gasteiger partial charge in [-0.25, -0.2) is 4.85 Å². The number of aromatic nitrogens is 1. The molecule has 0 saturated heterocycles. The molecular weight excluding hydrogens is 410 g/mol. The van der Waals surface area contributed by atoms with Crippen molar-refractivity contribution in [3.8, 4) is 5.75 Å². The Balaban J connectivity index is 1.67. The summed E-state index contributed by atoms with van der Waals surface area (Å²) >= 11 is 6.04. The Morgan fingerprint density at radius 3 is 2.90 bits per heavy atom. The van der Waals surface area contributed by atoms with Crippen LogP contribution in [-0.2, 0) is 12.0 Å². The number of rotatable bonds is 3. The average molecular weight is 430 g/mol. The molecule has 0 fully saturated rings. The minimum absolute atomic E-state index is 0.128. The third-order valence-electron chi connectivity index (χ3n) is 6.43. The topological polar surface area (TPSA) is 60.7 Å². The molecule has 0 saturated carbocycles. The van der Waals surface area contributed by atoms with Crippen molar-refractivity contribution in [1.82, 2.24) is 9.88 Å². The number of carbonyl (C=O) groups excluding carboxylic acids is 1. The summed E-state index contributed by atoms with van der Waals surface area (Å²) in [5.74, 6) is -0.481. The summed E-state index contributed by atoms with van der Waals surface area (Å²) in [6, 6.07) is 12.6. The molecule has 2 N–H and O–H groups in total. The van der Waals surface area contributed by atoms with E-state index in [0.717, 1.165) is 17.6 Å². The average Bonchev–Trinajstić information content (AvgIpc) is 3.18. The van der Waals surface area contributed by atoms with Crippen molar-refractivity contribution >= 4 is 28.3 Å². The van der Waals surface area contributed by atoms with Crippen LogP contribution in [0.4, 0.5) is 0 Å². The van der Waals surface area contributed by atoms with Crippen LogP contribution in [0.2, 0.25) is 5.02 Å². The van der Waals surface area contributed by atoms with Crippen molar-refractivity contribution < 1.29 is 9.90 Å². The number of halogens is 1. The molecule has 2 aromatic carbocycles. The number of H-pyrrole nitrogens is 1. The van der Waals surface area contributed by atoms with E-state index in [4.69, 9.17) is 18.2 Å². The molecule has 154 valence electrons. The zero-order valence-electron chi connectivity index (χ0n) is 16.9. The third-order valence-corrected chi connectivity index (χ3v) is 6.66. The number of aromatic hydroxyl groups is 1. The molecule has 2 aliphatic rings. The Bertz CT molecular complexity index is 1340. The van der Waals surface area contributed by atoms with Crippen LogP contribution in [0.15, 0.2) is 66.0 Å². The van der Waals surface area contributed by atoms with E-state index in [1.807, 2.05) is 18.3 Å². The Kier molecular flexibility index (Phi) is 4.42. The maximum atomic E-state index is 13.2. The fourth-order valence-electron chi connectivity index (χ4n) is 4.96. The molecule has 5 nitrogen and oxygen atoms in total. The van der Waals surface area contributed by atoms with Crippen LogP contribution in [0.1, 0.15) is 35.0 Å². The van der Waals surface area contributed by atoms with Crippen molar-refractivity contribution in [1.29, 1.82) is 0 Å². The molecule has 3 heterocycles. The number of phenolic OH excluding ortho intramolecular Hbond substituents is 1. The van der Waals surface area contributed by atoms with Crippen LogP contribution in [0.3, 0.4) is 0 Å². The van der Waals surface area contributed by atoms with E-state index in [-0.39, 0.29) is 17.1 Å². The van der Waals surface area contributed by atoms with Crippen molar-refractivity contribution in [2.75, 3.05) is 6.54 Å². The van der Waals surface area contributed by atoms with Crippen molar-refractivity contribution in [3.05, 3.63) is 99.3 Å². The van der Waals surface area contributed by atoms with E-state index in [1.165, 1.54) is 29.1 Å². The first-order valence-corrected chi connectivity index (χ1v) is 10.6. The number of allylic oxidation sites excluding steroid dienone is 2. The first-order valence-electron chi connectivity index (χ1n) is 10.2. The van der Waals surface area contributed by atoms with Crippen molar-refractivity contribution in [2.45, 2.75) is 25.3 Å². The number of Topliss-reactive ketones (excluding diaryl/α,β-unsaturated/α-hetero) is 1. The van der Waals surface area contributed by atoms with E-state index < -0.39 is 5.54 Å². The van der Waals surface area contributed by atoms with Crippen LogP contribution in [0.25, 0.3) is 15.7 Å². The number of benzene rings is 2. The first kappa shape index (κ1) is 19.5. The number of fused-ring (bicyclic) bond motifs is 5. The van der Waals surface area contributed by atoms with Crippen molar-refractivity contribution in [3.63, 3.8) is 0 Å². The molecule has 31 heavy (non-hydrogen) atoms. The van der Waals surface area contributed by atoms with Gasteiger partial charge in [0.15, 0.2) is 11.5 Å². The Hall–Kier alpha value is -3.49. The monoisotopic (exact) mass is 429 g/mol. The number of hydrogen-bond donors (Lipinski definition) is 2. The van der Waals surface area contributed by atoms with Crippen LogP contribution in [0, 0.1) is 6.57 Å². The van der Waals surface area contributed by atoms with Crippen LogP contribution in [-0.4, -0.2) is 27.3 Å². The second kappa shape index (κ2) is 7.04. The lowest BCUT2D eigenvalue weighted by Crippen LogP contribution is -2.50. The quantitative estimate of drug-likeness (QED) is 0.422. The fraction of sp³-hybridized carbons (Fsp3) is 0.200. The molecule has 1 atom stereocenters. The van der Waals surface area contributed by atoms with Gasteiger partial charge in [0.25, 0.3) is 0 Å². The SMILES string of the molecule is [C-]#[N+]C1=CC(C(=O)c2cc(Cl)ccc2O)=CN2CCc3c([nH]c4ccccc34)C12CC. The number of para-hydroxylation sites is 1. The number of carbonyl (C=O) groups is 1. The zero-order chi connectivity index (χ0) is 21.8. The molecule has 1 aromatic heterocycles. The highest BCUT2D eigenvalue weighted by Gasteiger charge is 2.48. The molecular formula is C25H20ClN3O2. The molecule has 5 rings (SSSR count). The highest BCUT2D eigenvalue weighted by Crippen LogP contribution is 2.49. The van der Waals surface area contributed by atoms with Gasteiger partial charge < -0.3 is 15.0 Å². The van der Waals surface area contributed by atoms with Gasteiger partial charge in [0.1, 0.15) is 11.3 Å². The molecule has 0 spiro atoms. The standard InChI is InChI=1S/C25H20ClN3O2/c1-3-25-22(27-2)12-15(23(31)19-13-16(26)8-9-21(19)30)14-29(25)11-10-18-17-6-4-5-7-20(17)28-24(18)25/h4-9,12-14,28,30H,3,10-11H2,1H3.